The highest BCUT2D eigenvalue weighted by Crippen LogP contribution is 2.32. The number of nitrogens with zero attached hydrogens (tertiary/aromatic N) is 2. The molecule has 9 heteroatoms. The second-order valence-electron chi connectivity index (χ2n) is 7.83. The molecule has 0 saturated heterocycles. The SMILES string of the molecule is CCCCN(CCCC)S(=O)(=O)c1ccc(C(=O)Nc2nc(-c3ccccc3OC)cs2)cc1. The first-order chi connectivity index (χ1) is 16.4. The lowest BCUT2D eigenvalue weighted by atomic mass is 10.1. The molecule has 0 saturated carbocycles. The van der Waals surface area contributed by atoms with Gasteiger partial charge in [-0.1, -0.05) is 38.8 Å². The number of benzene rings is 2. The van der Waals surface area contributed by atoms with Gasteiger partial charge in [-0.15, -0.1) is 11.3 Å². The number of hydrogen-bond acceptors (Lipinski definition) is 6. The third-order valence-electron chi connectivity index (χ3n) is 5.38. The van der Waals surface area contributed by atoms with E-state index < -0.39 is 10.0 Å². The van der Waals surface area contributed by atoms with E-state index in [1.807, 2.05) is 43.5 Å². The summed E-state index contributed by atoms with van der Waals surface area (Å²) in [7, 11) is -2.00. The molecule has 0 fully saturated rings. The summed E-state index contributed by atoms with van der Waals surface area (Å²) in [5.41, 5.74) is 1.91. The zero-order valence-corrected chi connectivity index (χ0v) is 21.4. The average Bonchev–Trinajstić information content (AvgIpc) is 3.32. The number of hydrogen-bond donors (Lipinski definition) is 1. The molecule has 0 aliphatic heterocycles. The number of nitrogens with one attached hydrogen (secondary N) is 1. The molecule has 182 valence electrons. The molecular weight excluding hydrogens is 470 g/mol. The van der Waals surface area contributed by atoms with Crippen LogP contribution in [0.2, 0.25) is 0 Å². The quantitative estimate of drug-likeness (QED) is 0.346. The van der Waals surface area contributed by atoms with Crippen molar-refractivity contribution in [3.8, 4) is 17.0 Å². The van der Waals surface area contributed by atoms with E-state index in [-0.39, 0.29) is 10.8 Å². The summed E-state index contributed by atoms with van der Waals surface area (Å²) in [6, 6.07) is 13.6. The number of para-hydroxylation sites is 1. The van der Waals surface area contributed by atoms with E-state index >= 15 is 0 Å². The Bertz CT molecular complexity index is 1180. The fraction of sp³-hybridized carbons (Fsp3) is 0.360. The zero-order valence-electron chi connectivity index (χ0n) is 19.8. The predicted molar refractivity (Wildman–Crippen MR) is 137 cm³/mol. The number of thiazole rings is 1. The van der Waals surface area contributed by atoms with Crippen molar-refractivity contribution in [2.75, 3.05) is 25.5 Å². The van der Waals surface area contributed by atoms with Gasteiger partial charge in [0.1, 0.15) is 5.75 Å². The lowest BCUT2D eigenvalue weighted by Crippen LogP contribution is -2.33. The van der Waals surface area contributed by atoms with Crippen LogP contribution in [-0.2, 0) is 10.0 Å². The lowest BCUT2D eigenvalue weighted by molar-refractivity contribution is 0.102. The van der Waals surface area contributed by atoms with E-state index in [2.05, 4.69) is 10.3 Å². The molecular formula is C25H31N3O4S2. The van der Waals surface area contributed by atoms with Crippen LogP contribution in [0.3, 0.4) is 0 Å². The Hall–Kier alpha value is -2.75. The molecule has 1 N–H and O–H groups in total. The van der Waals surface area contributed by atoms with Crippen molar-refractivity contribution >= 4 is 32.4 Å². The van der Waals surface area contributed by atoms with Gasteiger partial charge in [-0.05, 0) is 49.2 Å². The van der Waals surface area contributed by atoms with Crippen molar-refractivity contribution < 1.29 is 17.9 Å². The van der Waals surface area contributed by atoms with Gasteiger partial charge in [0.25, 0.3) is 5.91 Å². The topological polar surface area (TPSA) is 88.6 Å². The number of methoxy groups -OCH3 is 1. The number of sulfonamides is 1. The standard InChI is InChI=1S/C25H31N3O4S2/c1-4-6-16-28(17-7-5-2)34(30,31)20-14-12-19(13-15-20)24(29)27-25-26-22(18-33-25)21-10-8-9-11-23(21)32-3/h8-15,18H,4-7,16-17H2,1-3H3,(H,26,27,29). The summed E-state index contributed by atoms with van der Waals surface area (Å²) in [4.78, 5) is 17.4. The molecule has 0 bridgehead atoms. The van der Waals surface area contributed by atoms with E-state index in [4.69, 9.17) is 4.74 Å². The summed E-state index contributed by atoms with van der Waals surface area (Å²) >= 11 is 1.31. The Morgan fingerprint density at radius 2 is 1.68 bits per heavy atom. The van der Waals surface area contributed by atoms with Crippen molar-refractivity contribution in [3.63, 3.8) is 0 Å². The highest BCUT2D eigenvalue weighted by molar-refractivity contribution is 7.89. The first kappa shape index (κ1) is 25.9. The van der Waals surface area contributed by atoms with Gasteiger partial charge in [-0.3, -0.25) is 10.1 Å². The number of aromatic nitrogens is 1. The van der Waals surface area contributed by atoms with E-state index in [0.29, 0.717) is 35.2 Å². The molecule has 1 aromatic heterocycles. The molecule has 0 aliphatic carbocycles. The average molecular weight is 502 g/mol. The van der Waals surface area contributed by atoms with Crippen LogP contribution in [0.4, 0.5) is 5.13 Å². The normalized spacial score (nSPS) is 11.5. The second kappa shape index (κ2) is 12.1. The van der Waals surface area contributed by atoms with E-state index in [1.54, 1.807) is 11.4 Å². The molecule has 3 rings (SSSR count). The minimum Gasteiger partial charge on any atom is -0.496 e. The molecule has 0 unspecified atom stereocenters. The van der Waals surface area contributed by atoms with Crippen LogP contribution in [-0.4, -0.2) is 43.8 Å². The Morgan fingerprint density at radius 1 is 1.03 bits per heavy atom. The number of carbonyl (C=O) groups excluding carboxylic acids is 1. The van der Waals surface area contributed by atoms with Crippen LogP contribution in [0.25, 0.3) is 11.3 Å². The van der Waals surface area contributed by atoms with Gasteiger partial charge >= 0.3 is 0 Å². The zero-order chi connectivity index (χ0) is 24.6. The summed E-state index contributed by atoms with van der Waals surface area (Å²) in [6.45, 7) is 5.08. The number of anilines is 1. The van der Waals surface area contributed by atoms with Crippen LogP contribution in [0.1, 0.15) is 49.9 Å². The minimum atomic E-state index is -3.60. The van der Waals surface area contributed by atoms with Crippen LogP contribution in [0.5, 0.6) is 5.75 Å². The highest BCUT2D eigenvalue weighted by atomic mass is 32.2. The molecule has 1 heterocycles. The van der Waals surface area contributed by atoms with Gasteiger partial charge in [0.2, 0.25) is 10.0 Å². The summed E-state index contributed by atoms with van der Waals surface area (Å²) in [5.74, 6) is 0.355. The third kappa shape index (κ3) is 6.22. The molecule has 1 amide bonds. The molecule has 0 aliphatic rings. The Morgan fingerprint density at radius 3 is 2.29 bits per heavy atom. The molecule has 3 aromatic rings. The fourth-order valence-electron chi connectivity index (χ4n) is 3.43. The number of unbranched alkanes of at least 4 members (excludes halogenated alkanes) is 2. The van der Waals surface area contributed by atoms with Crippen molar-refractivity contribution in [3.05, 3.63) is 59.5 Å². The molecule has 0 atom stereocenters. The number of ether oxygens (including phenoxy) is 1. The van der Waals surface area contributed by atoms with E-state index in [1.165, 1.54) is 35.6 Å². The number of rotatable bonds is 12. The molecule has 2 aromatic carbocycles. The first-order valence-corrected chi connectivity index (χ1v) is 13.7. The maximum absolute atomic E-state index is 13.1. The minimum absolute atomic E-state index is 0.198. The number of amides is 1. The van der Waals surface area contributed by atoms with Crippen molar-refractivity contribution in [2.24, 2.45) is 0 Å². The molecule has 7 nitrogen and oxygen atoms in total. The summed E-state index contributed by atoms with van der Waals surface area (Å²) in [5, 5.41) is 5.09. The van der Waals surface area contributed by atoms with Gasteiger partial charge in [0.15, 0.2) is 5.13 Å². The maximum atomic E-state index is 13.1. The Balaban J connectivity index is 1.72. The van der Waals surface area contributed by atoms with Crippen molar-refractivity contribution in [1.82, 2.24) is 9.29 Å². The highest BCUT2D eigenvalue weighted by Gasteiger charge is 2.24. The lowest BCUT2D eigenvalue weighted by Gasteiger charge is -2.22. The second-order valence-corrected chi connectivity index (χ2v) is 10.6. The van der Waals surface area contributed by atoms with E-state index in [0.717, 1.165) is 31.2 Å². The van der Waals surface area contributed by atoms with Crippen LogP contribution in [0.15, 0.2) is 58.8 Å². The fourth-order valence-corrected chi connectivity index (χ4v) is 5.65. The van der Waals surface area contributed by atoms with Gasteiger partial charge < -0.3 is 4.74 Å². The predicted octanol–water partition coefficient (Wildman–Crippen LogP) is 5.66. The van der Waals surface area contributed by atoms with E-state index in [9.17, 15) is 13.2 Å². The van der Waals surface area contributed by atoms with Crippen LogP contribution < -0.4 is 10.1 Å². The number of carbonyl (C=O) groups is 1. The summed E-state index contributed by atoms with van der Waals surface area (Å²) in [6.07, 6.45) is 3.47. The summed E-state index contributed by atoms with van der Waals surface area (Å²) < 4.78 is 33.2. The largest absolute Gasteiger partial charge is 0.496 e. The van der Waals surface area contributed by atoms with Crippen LogP contribution in [0, 0.1) is 0 Å². The Kier molecular flexibility index (Phi) is 9.20. The van der Waals surface area contributed by atoms with Crippen molar-refractivity contribution in [1.29, 1.82) is 0 Å². The molecule has 34 heavy (non-hydrogen) atoms. The third-order valence-corrected chi connectivity index (χ3v) is 8.05. The Labute approximate surface area is 205 Å². The smallest absolute Gasteiger partial charge is 0.257 e. The van der Waals surface area contributed by atoms with Crippen LogP contribution >= 0.6 is 11.3 Å². The van der Waals surface area contributed by atoms with Gasteiger partial charge in [0.05, 0.1) is 17.7 Å². The molecule has 0 spiro atoms. The molecule has 0 radical (unpaired) electrons. The first-order valence-electron chi connectivity index (χ1n) is 11.4. The van der Waals surface area contributed by atoms with Gasteiger partial charge in [-0.25, -0.2) is 13.4 Å². The monoisotopic (exact) mass is 501 g/mol. The van der Waals surface area contributed by atoms with Gasteiger partial charge in [0, 0.05) is 29.6 Å². The van der Waals surface area contributed by atoms with Crippen molar-refractivity contribution in [2.45, 2.75) is 44.4 Å². The van der Waals surface area contributed by atoms with Gasteiger partial charge in [-0.2, -0.15) is 4.31 Å². The maximum Gasteiger partial charge on any atom is 0.257 e.